The highest BCUT2D eigenvalue weighted by atomic mass is 32.2. The van der Waals surface area contributed by atoms with E-state index in [-0.39, 0.29) is 16.8 Å². The van der Waals surface area contributed by atoms with Crippen LogP contribution in [0.25, 0.3) is 0 Å². The Morgan fingerprint density at radius 3 is 1.07 bits per heavy atom. The van der Waals surface area contributed by atoms with E-state index in [1.165, 1.54) is 122 Å². The van der Waals surface area contributed by atoms with E-state index in [0.29, 0.717) is 15.4 Å². The van der Waals surface area contributed by atoms with Gasteiger partial charge in [0.15, 0.2) is 5.78 Å². The Morgan fingerprint density at radius 2 is 0.645 bits per heavy atom. The summed E-state index contributed by atoms with van der Waals surface area (Å²) in [4.78, 5) is 15.4. The van der Waals surface area contributed by atoms with E-state index in [2.05, 4.69) is 267 Å². The molecule has 8 heteroatoms. The van der Waals surface area contributed by atoms with Gasteiger partial charge >= 0.3 is 6.18 Å². The third kappa shape index (κ3) is 27.9. The normalized spacial score (nSPS) is 11.5. The largest absolute Gasteiger partial charge is 0.402 e. The van der Waals surface area contributed by atoms with Crippen molar-refractivity contribution in [2.45, 2.75) is 209 Å². The van der Waals surface area contributed by atoms with Crippen molar-refractivity contribution in [1.29, 1.82) is 0 Å². The average molecular weight is 1650 g/mol. The summed E-state index contributed by atoms with van der Waals surface area (Å²) >= 11 is 1.81. The second-order valence-corrected chi connectivity index (χ2v) is 36.7. The molecule has 121 heavy (non-hydrogen) atoms. The lowest BCUT2D eigenvalue weighted by Crippen LogP contribution is -2.40. The van der Waals surface area contributed by atoms with Gasteiger partial charge in [-0.2, -0.15) is 13.2 Å². The van der Waals surface area contributed by atoms with Crippen LogP contribution in [0.3, 0.4) is 0 Å². The van der Waals surface area contributed by atoms with Crippen LogP contribution in [0.2, 0.25) is 0 Å². The molecule has 14 aromatic carbocycles. The van der Waals surface area contributed by atoms with Crippen molar-refractivity contribution in [3.8, 4) is 0 Å². The molecule has 0 heterocycles. The topological polar surface area (TPSA) is 51.2 Å². The zero-order valence-corrected chi connectivity index (χ0v) is 77.1. The molecule has 0 N–H and O–H groups in total. The van der Waals surface area contributed by atoms with E-state index in [9.17, 15) is 26.4 Å². The third-order valence-electron chi connectivity index (χ3n) is 22.5. The predicted octanol–water partition coefficient (Wildman–Crippen LogP) is 30.6. The molecule has 0 amide bonds. The number of hydrogen-bond donors (Lipinski definition) is 0. The molecule has 1 unspecified atom stereocenters. The molecule has 0 fully saturated rings. The van der Waals surface area contributed by atoms with Crippen LogP contribution >= 0.6 is 11.8 Å². The molecule has 0 aliphatic carbocycles. The Morgan fingerprint density at radius 1 is 0.264 bits per heavy atom. The van der Waals surface area contributed by atoms with Gasteiger partial charge in [-0.05, 0) is 319 Å². The molecule has 0 spiro atoms. The summed E-state index contributed by atoms with van der Waals surface area (Å²) in [6.07, 6.45) is -2.31. The molecule has 14 aromatic rings. The number of halogens is 3. The number of hydrogen-bond acceptors (Lipinski definition) is 4. The summed E-state index contributed by atoms with van der Waals surface area (Å²) in [5.74, 6) is 0.0868. The van der Waals surface area contributed by atoms with Crippen molar-refractivity contribution in [3.63, 3.8) is 0 Å². The lowest BCUT2D eigenvalue weighted by Gasteiger charge is -2.34. The monoisotopic (exact) mass is 1650 g/mol. The summed E-state index contributed by atoms with van der Waals surface area (Å²) < 4.78 is 66.5. The fourth-order valence-electron chi connectivity index (χ4n) is 14.0. The number of alkyl halides is 3. The highest BCUT2D eigenvalue weighted by Gasteiger charge is 2.53. The highest BCUT2D eigenvalue weighted by Crippen LogP contribution is 2.47. The molecule has 0 aliphatic heterocycles. The maximum Gasteiger partial charge on any atom is 0.402 e. The maximum absolute atomic E-state index is 14.0. The van der Waals surface area contributed by atoms with Gasteiger partial charge in [0.1, 0.15) is 5.41 Å². The fraction of sp³-hybridized carbons (Fsp3) is 0.248. The van der Waals surface area contributed by atoms with Crippen LogP contribution < -0.4 is 0 Å². The Kier molecular flexibility index (Phi) is 34.2. The second-order valence-electron chi connectivity index (χ2n) is 33.6. The van der Waals surface area contributed by atoms with Crippen molar-refractivity contribution in [3.05, 3.63) is 470 Å². The van der Waals surface area contributed by atoms with Gasteiger partial charge in [0, 0.05) is 26.3 Å². The number of benzene rings is 14. The molecule has 0 saturated carbocycles. The molecule has 0 radical (unpaired) electrons. The highest BCUT2D eigenvalue weighted by molar-refractivity contribution is 7.99. The SMILES string of the molecule is Cc1cc(C)cc(C(C)(C)c2ccc(C)c(C)c2)c1.Cc1cc(C)cc(C(C)(c2ccc(C)c(C)c2)C(F)(F)F)c1.Cc1ccc(C(=O)c2cccc(C)c2)cc1.Cc1ccc(Cc2ccc(C)c(C)c2)cc1C.Cc1ccc(Cc2ccccc2)cc1C.Cc1ccc(S(=O)(=O)c2cccc(C)c2)cc1.Cc1ccc(Sc2cccc(C)c2)cc1. The van der Waals surface area contributed by atoms with E-state index in [0.717, 1.165) is 62.9 Å². The third-order valence-corrected chi connectivity index (χ3v) is 25.2. The predicted molar refractivity (Wildman–Crippen MR) is 508 cm³/mol. The molecule has 3 nitrogen and oxygen atoms in total. The summed E-state index contributed by atoms with van der Waals surface area (Å²) in [5.41, 5.74) is 32.6. The molecular formula is C113H123F3O3S2. The first-order valence-electron chi connectivity index (χ1n) is 41.6. The van der Waals surface area contributed by atoms with Crippen molar-refractivity contribution in [2.75, 3.05) is 0 Å². The lowest BCUT2D eigenvalue weighted by atomic mass is 9.74. The zero-order chi connectivity index (χ0) is 88.7. The number of carbonyl (C=O) groups is 1. The Hall–Kier alpha value is -11.2. The summed E-state index contributed by atoms with van der Waals surface area (Å²) in [5, 5.41) is 0. The minimum absolute atomic E-state index is 0.0508. The van der Waals surface area contributed by atoms with Crippen LogP contribution in [0.5, 0.6) is 0 Å². The van der Waals surface area contributed by atoms with Gasteiger partial charge in [-0.15, -0.1) is 0 Å². The first-order chi connectivity index (χ1) is 57.1. The van der Waals surface area contributed by atoms with E-state index in [1.807, 2.05) is 140 Å². The molecule has 0 aliphatic rings. The standard InChI is InChI=1S/C19H21F3.C19H24.C17H20.C15H14O.C15H16.C14H14O2S.C14H14S/c1-12-8-13(2)10-17(9-12)18(5,19(20,21)22)16-7-6-14(3)15(4)11-16;1-13-9-14(2)11-18(10-13)19(5,6)17-8-7-15(3)16(4)12-17;1-12-5-7-16(9-14(12)3)11-17-8-6-13(2)15(4)10-17;1-11-6-8-13(9-7-11)15(16)14-5-3-4-12(2)10-14;1-12-8-9-15(10-13(12)2)11-14-6-4-3-5-7-14;1-11-6-8-13(9-7-11)17(15,16)14-5-3-4-12(2)10-14;1-11-6-8-13(9-7-11)15-14-5-3-4-12(2)10-14/h6-11H,1-5H3;7-12H,1-6H3;5-10H,11H2,1-4H3;3-10H,1-2H3;3-10H,11H2,1-2H3;3-10H,1-2H3;3-10H,1-2H3. The van der Waals surface area contributed by atoms with Crippen LogP contribution in [0.4, 0.5) is 13.2 Å². The average Bonchev–Trinajstić information content (AvgIpc) is 0.747. The molecule has 0 bridgehead atoms. The quantitative estimate of drug-likeness (QED) is 0.102. The van der Waals surface area contributed by atoms with Gasteiger partial charge in [0.25, 0.3) is 0 Å². The van der Waals surface area contributed by atoms with Crippen LogP contribution in [-0.2, 0) is 33.5 Å². The number of rotatable bonds is 14. The first kappa shape index (κ1) is 95.3. The molecule has 626 valence electrons. The van der Waals surface area contributed by atoms with E-state index in [4.69, 9.17) is 0 Å². The summed E-state index contributed by atoms with van der Waals surface area (Å²) in [7, 11) is -3.38. The van der Waals surface area contributed by atoms with Crippen LogP contribution in [-0.4, -0.2) is 20.4 Å². The van der Waals surface area contributed by atoms with Gasteiger partial charge in [-0.25, -0.2) is 8.42 Å². The van der Waals surface area contributed by atoms with Gasteiger partial charge in [-0.3, -0.25) is 4.79 Å². The van der Waals surface area contributed by atoms with Crippen molar-refractivity contribution in [1.82, 2.24) is 0 Å². The zero-order valence-electron chi connectivity index (χ0n) is 75.5. The number of aryl methyl sites for hydroxylation is 20. The number of ketones is 1. The first-order valence-corrected chi connectivity index (χ1v) is 43.9. The molecule has 0 aromatic heterocycles. The van der Waals surface area contributed by atoms with Crippen molar-refractivity contribution < 1.29 is 26.4 Å². The second kappa shape index (κ2) is 43.4. The van der Waals surface area contributed by atoms with E-state index >= 15 is 0 Å². The summed E-state index contributed by atoms with van der Waals surface area (Å²) in [6.45, 7) is 47.1. The van der Waals surface area contributed by atoms with Crippen LogP contribution in [0, 0.1) is 138 Å². The van der Waals surface area contributed by atoms with Gasteiger partial charge in [0.2, 0.25) is 9.84 Å². The minimum Gasteiger partial charge on any atom is -0.289 e. The lowest BCUT2D eigenvalue weighted by molar-refractivity contribution is -0.173. The van der Waals surface area contributed by atoms with Gasteiger partial charge < -0.3 is 0 Å². The maximum atomic E-state index is 14.0. The number of carbonyl (C=O) groups excluding carboxylic acids is 1. The Balaban J connectivity index is 0.000000176. The van der Waals surface area contributed by atoms with Crippen molar-refractivity contribution >= 4 is 27.4 Å². The van der Waals surface area contributed by atoms with Crippen LogP contribution in [0.15, 0.2) is 323 Å². The smallest absolute Gasteiger partial charge is 0.289 e. The Bertz CT molecular complexity index is 5820. The van der Waals surface area contributed by atoms with Crippen LogP contribution in [0.1, 0.15) is 192 Å². The summed E-state index contributed by atoms with van der Waals surface area (Å²) in [6, 6.07) is 101. The Labute approximate surface area is 727 Å². The molecular weight excluding hydrogens is 1530 g/mol. The molecule has 0 saturated heterocycles. The number of sulfone groups is 1. The van der Waals surface area contributed by atoms with Gasteiger partial charge in [0.05, 0.1) is 9.79 Å². The van der Waals surface area contributed by atoms with E-state index < -0.39 is 21.4 Å². The minimum atomic E-state index is -4.37. The molecule has 1 atom stereocenters. The van der Waals surface area contributed by atoms with Gasteiger partial charge in [-0.1, -0.05) is 324 Å². The van der Waals surface area contributed by atoms with E-state index in [1.54, 1.807) is 60.7 Å². The fourth-order valence-corrected chi connectivity index (χ4v) is 16.3. The molecule has 14 rings (SSSR count). The van der Waals surface area contributed by atoms with Crippen molar-refractivity contribution in [2.24, 2.45) is 0 Å².